The Kier molecular flexibility index (Phi) is 5.79. The van der Waals surface area contributed by atoms with Gasteiger partial charge in [0, 0.05) is 25.6 Å². The van der Waals surface area contributed by atoms with Gasteiger partial charge in [-0.3, -0.25) is 14.5 Å². The van der Waals surface area contributed by atoms with E-state index in [1.807, 2.05) is 0 Å². The van der Waals surface area contributed by atoms with E-state index in [9.17, 15) is 9.59 Å². The van der Waals surface area contributed by atoms with Crippen LogP contribution in [0.1, 0.15) is 32.1 Å². The standard InChI is InChI=1S/C14H24N2O4/c1-19-14(18)10-15-13(17)6-7-16-8-9-20-12-5-3-2-4-11(12)16/h11-12H,2-10H2,1H3,(H,15,17). The quantitative estimate of drug-likeness (QED) is 0.736. The summed E-state index contributed by atoms with van der Waals surface area (Å²) >= 11 is 0. The van der Waals surface area contributed by atoms with Gasteiger partial charge in [0.05, 0.1) is 19.8 Å². The summed E-state index contributed by atoms with van der Waals surface area (Å²) in [5.41, 5.74) is 0. The maximum absolute atomic E-state index is 11.7. The molecule has 6 nitrogen and oxygen atoms in total. The highest BCUT2D eigenvalue weighted by atomic mass is 16.5. The molecule has 1 heterocycles. The van der Waals surface area contributed by atoms with Gasteiger partial charge in [-0.25, -0.2) is 0 Å². The molecule has 6 heteroatoms. The zero-order valence-corrected chi connectivity index (χ0v) is 12.1. The van der Waals surface area contributed by atoms with E-state index in [1.165, 1.54) is 20.0 Å². The van der Waals surface area contributed by atoms with Gasteiger partial charge in [-0.05, 0) is 12.8 Å². The lowest BCUT2D eigenvalue weighted by atomic mass is 9.90. The van der Waals surface area contributed by atoms with E-state index in [0.29, 0.717) is 18.6 Å². The van der Waals surface area contributed by atoms with Crippen LogP contribution in [0.4, 0.5) is 0 Å². The Labute approximate surface area is 119 Å². The van der Waals surface area contributed by atoms with Gasteiger partial charge < -0.3 is 14.8 Å². The van der Waals surface area contributed by atoms with Crippen LogP contribution >= 0.6 is 0 Å². The van der Waals surface area contributed by atoms with Crippen LogP contribution in [-0.2, 0) is 19.1 Å². The molecule has 0 spiro atoms. The van der Waals surface area contributed by atoms with Crippen molar-refractivity contribution in [2.45, 2.75) is 44.2 Å². The number of nitrogens with one attached hydrogen (secondary N) is 1. The minimum atomic E-state index is -0.419. The van der Waals surface area contributed by atoms with Crippen molar-refractivity contribution in [3.8, 4) is 0 Å². The minimum absolute atomic E-state index is 0.0511. The average molecular weight is 284 g/mol. The molecule has 0 aromatic rings. The zero-order valence-electron chi connectivity index (χ0n) is 12.1. The number of fused-ring (bicyclic) bond motifs is 1. The second-order valence-corrected chi connectivity index (χ2v) is 5.40. The van der Waals surface area contributed by atoms with Crippen molar-refractivity contribution in [1.82, 2.24) is 10.2 Å². The zero-order chi connectivity index (χ0) is 14.4. The fourth-order valence-corrected chi connectivity index (χ4v) is 3.03. The maximum atomic E-state index is 11.7. The van der Waals surface area contributed by atoms with Crippen molar-refractivity contribution in [3.05, 3.63) is 0 Å². The molecule has 2 unspecified atom stereocenters. The number of carbonyl (C=O) groups excluding carboxylic acids is 2. The lowest BCUT2D eigenvalue weighted by Crippen LogP contribution is -2.53. The summed E-state index contributed by atoms with van der Waals surface area (Å²) in [7, 11) is 1.31. The first-order chi connectivity index (χ1) is 9.70. The summed E-state index contributed by atoms with van der Waals surface area (Å²) in [5, 5.41) is 2.57. The van der Waals surface area contributed by atoms with Gasteiger partial charge in [0.2, 0.25) is 5.91 Å². The van der Waals surface area contributed by atoms with Crippen LogP contribution in [0, 0.1) is 0 Å². The Hall–Kier alpha value is -1.14. The molecule has 2 rings (SSSR count). The maximum Gasteiger partial charge on any atom is 0.325 e. The van der Waals surface area contributed by atoms with Crippen molar-refractivity contribution < 1.29 is 19.1 Å². The topological polar surface area (TPSA) is 67.9 Å². The Balaban J connectivity index is 1.72. The predicted octanol–water partition coefficient (Wildman–Crippen LogP) is 0.309. The van der Waals surface area contributed by atoms with E-state index >= 15 is 0 Å². The number of hydrogen-bond acceptors (Lipinski definition) is 5. The predicted molar refractivity (Wildman–Crippen MR) is 73.2 cm³/mol. The SMILES string of the molecule is COC(=O)CNC(=O)CCN1CCOC2CCCCC21. The van der Waals surface area contributed by atoms with E-state index in [2.05, 4.69) is 15.0 Å². The summed E-state index contributed by atoms with van der Waals surface area (Å²) in [6.07, 6.45) is 5.55. The number of rotatable bonds is 5. The van der Waals surface area contributed by atoms with Crippen LogP contribution in [0.25, 0.3) is 0 Å². The van der Waals surface area contributed by atoms with E-state index in [-0.39, 0.29) is 12.5 Å². The molecule has 2 aliphatic rings. The number of methoxy groups -OCH3 is 1. The number of ether oxygens (including phenoxy) is 2. The molecule has 114 valence electrons. The molecule has 2 atom stereocenters. The molecule has 0 aromatic carbocycles. The lowest BCUT2D eigenvalue weighted by molar-refractivity contribution is -0.141. The van der Waals surface area contributed by atoms with Gasteiger partial charge in [0.1, 0.15) is 6.54 Å². The highest BCUT2D eigenvalue weighted by Crippen LogP contribution is 2.28. The molecule has 1 aliphatic heterocycles. The fraction of sp³-hybridized carbons (Fsp3) is 0.857. The van der Waals surface area contributed by atoms with E-state index in [4.69, 9.17) is 4.74 Å². The highest BCUT2D eigenvalue weighted by Gasteiger charge is 2.33. The number of amides is 1. The first-order valence-corrected chi connectivity index (χ1v) is 7.40. The molecule has 2 fully saturated rings. The smallest absolute Gasteiger partial charge is 0.325 e. The van der Waals surface area contributed by atoms with Crippen LogP contribution < -0.4 is 5.32 Å². The largest absolute Gasteiger partial charge is 0.468 e. The number of hydrogen-bond donors (Lipinski definition) is 1. The van der Waals surface area contributed by atoms with Gasteiger partial charge >= 0.3 is 5.97 Å². The van der Waals surface area contributed by atoms with Crippen LogP contribution in [0.3, 0.4) is 0 Å². The van der Waals surface area contributed by atoms with Gasteiger partial charge in [0.25, 0.3) is 0 Å². The summed E-state index contributed by atoms with van der Waals surface area (Å²) in [4.78, 5) is 25.0. The molecule has 1 saturated heterocycles. The Morgan fingerprint density at radius 1 is 1.35 bits per heavy atom. The summed E-state index contributed by atoms with van der Waals surface area (Å²) in [6.45, 7) is 2.33. The highest BCUT2D eigenvalue weighted by molar-refractivity contribution is 5.81. The van der Waals surface area contributed by atoms with E-state index < -0.39 is 5.97 Å². The van der Waals surface area contributed by atoms with Crippen molar-refractivity contribution >= 4 is 11.9 Å². The lowest BCUT2D eigenvalue weighted by Gasteiger charge is -2.43. The molecule has 1 N–H and O–H groups in total. The van der Waals surface area contributed by atoms with Crippen molar-refractivity contribution in [2.75, 3.05) is 33.4 Å². The first-order valence-electron chi connectivity index (χ1n) is 7.40. The Morgan fingerprint density at radius 2 is 2.15 bits per heavy atom. The van der Waals surface area contributed by atoms with Gasteiger partial charge in [-0.1, -0.05) is 12.8 Å². The normalized spacial score (nSPS) is 26.6. The van der Waals surface area contributed by atoms with Crippen LogP contribution in [-0.4, -0.2) is 62.3 Å². The second kappa shape index (κ2) is 7.59. The molecule has 20 heavy (non-hydrogen) atoms. The number of nitrogens with zero attached hydrogens (tertiary/aromatic N) is 1. The third-order valence-corrected chi connectivity index (χ3v) is 4.13. The number of esters is 1. The van der Waals surface area contributed by atoms with E-state index in [1.54, 1.807) is 0 Å². The second-order valence-electron chi connectivity index (χ2n) is 5.40. The molecule has 1 amide bonds. The van der Waals surface area contributed by atoms with Crippen LogP contribution in [0.2, 0.25) is 0 Å². The minimum Gasteiger partial charge on any atom is -0.468 e. The van der Waals surface area contributed by atoms with Gasteiger partial charge in [0.15, 0.2) is 0 Å². The molecule has 1 aliphatic carbocycles. The molecular weight excluding hydrogens is 260 g/mol. The third kappa shape index (κ3) is 4.18. The van der Waals surface area contributed by atoms with Gasteiger partial charge in [-0.2, -0.15) is 0 Å². The Bertz CT molecular complexity index is 346. The van der Waals surface area contributed by atoms with Gasteiger partial charge in [-0.15, -0.1) is 0 Å². The fourth-order valence-electron chi connectivity index (χ4n) is 3.03. The number of morpholine rings is 1. The summed E-state index contributed by atoms with van der Waals surface area (Å²) in [6, 6.07) is 0.464. The van der Waals surface area contributed by atoms with Crippen molar-refractivity contribution in [2.24, 2.45) is 0 Å². The van der Waals surface area contributed by atoms with Crippen molar-refractivity contribution in [1.29, 1.82) is 0 Å². The molecule has 0 radical (unpaired) electrons. The average Bonchev–Trinajstić information content (AvgIpc) is 2.50. The summed E-state index contributed by atoms with van der Waals surface area (Å²) < 4.78 is 10.3. The summed E-state index contributed by atoms with van der Waals surface area (Å²) in [5.74, 6) is -0.522. The molecule has 1 saturated carbocycles. The van der Waals surface area contributed by atoms with Crippen LogP contribution in [0.15, 0.2) is 0 Å². The first kappa shape index (κ1) is 15.3. The molecule has 0 bridgehead atoms. The monoisotopic (exact) mass is 284 g/mol. The van der Waals surface area contributed by atoms with Crippen LogP contribution in [0.5, 0.6) is 0 Å². The molecule has 0 aromatic heterocycles. The number of carbonyl (C=O) groups is 2. The van der Waals surface area contributed by atoms with Crippen molar-refractivity contribution in [3.63, 3.8) is 0 Å². The van der Waals surface area contributed by atoms with E-state index in [0.717, 1.165) is 32.5 Å². The Morgan fingerprint density at radius 3 is 2.95 bits per heavy atom. The molecular formula is C14H24N2O4. The third-order valence-electron chi connectivity index (χ3n) is 4.13.